The minimum absolute atomic E-state index is 0.0579. The number of hydrogen-bond donors (Lipinski definition) is 1. The van der Waals surface area contributed by atoms with Gasteiger partial charge in [-0.05, 0) is 17.7 Å². The van der Waals surface area contributed by atoms with Crippen LogP contribution in [0.25, 0.3) is 6.08 Å². The van der Waals surface area contributed by atoms with Crippen LogP contribution in [0.4, 0.5) is 0 Å². The van der Waals surface area contributed by atoms with Gasteiger partial charge in [0, 0.05) is 12.4 Å². The summed E-state index contributed by atoms with van der Waals surface area (Å²) in [5.74, 6) is -0.819. The highest BCUT2D eigenvalue weighted by molar-refractivity contribution is 5.70. The van der Waals surface area contributed by atoms with Crippen molar-refractivity contribution >= 4 is 12.0 Å². The molecule has 0 spiro atoms. The van der Waals surface area contributed by atoms with E-state index in [9.17, 15) is 4.79 Å². The smallest absolute Gasteiger partial charge is 0.307 e. The summed E-state index contributed by atoms with van der Waals surface area (Å²) in [5, 5.41) is 8.33. The van der Waals surface area contributed by atoms with Crippen LogP contribution in [0, 0.1) is 0 Å². The number of pyridine rings is 1. The Balaban J connectivity index is 2.52. The fourth-order valence-electron chi connectivity index (χ4n) is 0.770. The molecule has 12 heavy (non-hydrogen) atoms. The standard InChI is InChI=1S/C9H9NO2/c11-9(12)3-1-2-8-4-6-10-7-5-8/h1-2,4-7H,3H2,(H,11,12)/b2-1+. The van der Waals surface area contributed by atoms with Gasteiger partial charge in [0.1, 0.15) is 0 Å². The van der Waals surface area contributed by atoms with E-state index in [-0.39, 0.29) is 6.42 Å². The largest absolute Gasteiger partial charge is 0.481 e. The molecule has 3 heteroatoms. The van der Waals surface area contributed by atoms with Gasteiger partial charge in [-0.1, -0.05) is 12.2 Å². The molecule has 0 saturated heterocycles. The molecule has 0 aromatic carbocycles. The molecule has 0 aliphatic rings. The number of aliphatic carboxylic acids is 1. The average molecular weight is 163 g/mol. The summed E-state index contributed by atoms with van der Waals surface area (Å²) in [6, 6.07) is 3.64. The number of hydrogen-bond acceptors (Lipinski definition) is 2. The number of carbonyl (C=O) groups is 1. The Bertz CT molecular complexity index is 280. The first-order chi connectivity index (χ1) is 5.79. The maximum atomic E-state index is 10.1. The van der Waals surface area contributed by atoms with Crippen LogP contribution in [0.5, 0.6) is 0 Å². The molecule has 0 saturated carbocycles. The quantitative estimate of drug-likeness (QED) is 0.735. The van der Waals surface area contributed by atoms with Crippen molar-refractivity contribution in [2.24, 2.45) is 0 Å². The van der Waals surface area contributed by atoms with E-state index in [0.29, 0.717) is 0 Å². The Morgan fingerprint density at radius 2 is 2.17 bits per heavy atom. The lowest BCUT2D eigenvalue weighted by Crippen LogP contribution is -1.89. The lowest BCUT2D eigenvalue weighted by Gasteiger charge is -1.88. The summed E-state index contributed by atoms with van der Waals surface area (Å²) >= 11 is 0. The second-order valence-corrected chi connectivity index (χ2v) is 2.28. The van der Waals surface area contributed by atoms with E-state index in [2.05, 4.69) is 4.98 Å². The van der Waals surface area contributed by atoms with Crippen LogP contribution in [0.15, 0.2) is 30.6 Å². The van der Waals surface area contributed by atoms with Gasteiger partial charge >= 0.3 is 5.97 Å². The number of nitrogens with zero attached hydrogens (tertiary/aromatic N) is 1. The Kier molecular flexibility index (Phi) is 3.02. The molecule has 0 radical (unpaired) electrons. The maximum absolute atomic E-state index is 10.1. The second kappa shape index (κ2) is 4.28. The van der Waals surface area contributed by atoms with Gasteiger partial charge in [0.15, 0.2) is 0 Å². The van der Waals surface area contributed by atoms with Crippen LogP contribution >= 0.6 is 0 Å². The highest BCUT2D eigenvalue weighted by Gasteiger charge is 1.89. The molecule has 0 aliphatic carbocycles. The van der Waals surface area contributed by atoms with E-state index in [0.717, 1.165) is 5.56 Å². The lowest BCUT2D eigenvalue weighted by molar-refractivity contribution is -0.135. The van der Waals surface area contributed by atoms with Crippen LogP contribution < -0.4 is 0 Å². The lowest BCUT2D eigenvalue weighted by atomic mass is 10.2. The van der Waals surface area contributed by atoms with E-state index in [1.165, 1.54) is 0 Å². The van der Waals surface area contributed by atoms with Crippen molar-refractivity contribution in [1.82, 2.24) is 4.98 Å². The van der Waals surface area contributed by atoms with Crippen molar-refractivity contribution in [3.8, 4) is 0 Å². The molecular weight excluding hydrogens is 154 g/mol. The molecule has 0 bridgehead atoms. The van der Waals surface area contributed by atoms with Gasteiger partial charge < -0.3 is 5.11 Å². The predicted molar refractivity (Wildman–Crippen MR) is 45.5 cm³/mol. The number of carboxylic acid groups (broad SMARTS) is 1. The Hall–Kier alpha value is -1.64. The number of aromatic nitrogens is 1. The van der Waals surface area contributed by atoms with Crippen molar-refractivity contribution in [2.75, 3.05) is 0 Å². The van der Waals surface area contributed by atoms with Gasteiger partial charge in [-0.3, -0.25) is 9.78 Å². The summed E-state index contributed by atoms with van der Waals surface area (Å²) in [5.41, 5.74) is 0.964. The van der Waals surface area contributed by atoms with Gasteiger partial charge in [-0.25, -0.2) is 0 Å². The van der Waals surface area contributed by atoms with E-state index in [4.69, 9.17) is 5.11 Å². The fraction of sp³-hybridized carbons (Fsp3) is 0.111. The molecular formula is C9H9NO2. The summed E-state index contributed by atoms with van der Waals surface area (Å²) in [7, 11) is 0. The molecule has 0 atom stereocenters. The highest BCUT2D eigenvalue weighted by Crippen LogP contribution is 1.99. The van der Waals surface area contributed by atoms with Gasteiger partial charge in [0.05, 0.1) is 6.42 Å². The monoisotopic (exact) mass is 163 g/mol. The molecule has 1 N–H and O–H groups in total. The minimum Gasteiger partial charge on any atom is -0.481 e. The SMILES string of the molecule is O=C(O)C/C=C/c1ccncc1. The van der Waals surface area contributed by atoms with Crippen LogP contribution in [0.1, 0.15) is 12.0 Å². The molecule has 1 rings (SSSR count). The summed E-state index contributed by atoms with van der Waals surface area (Å²) in [6.45, 7) is 0. The zero-order chi connectivity index (χ0) is 8.81. The van der Waals surface area contributed by atoms with Crippen LogP contribution in [-0.2, 0) is 4.79 Å². The van der Waals surface area contributed by atoms with Crippen LogP contribution in [0.2, 0.25) is 0 Å². The molecule has 1 heterocycles. The van der Waals surface area contributed by atoms with Crippen molar-refractivity contribution in [1.29, 1.82) is 0 Å². The van der Waals surface area contributed by atoms with Gasteiger partial charge in [0.2, 0.25) is 0 Å². The highest BCUT2D eigenvalue weighted by atomic mass is 16.4. The van der Waals surface area contributed by atoms with E-state index >= 15 is 0 Å². The Morgan fingerprint density at radius 1 is 1.50 bits per heavy atom. The minimum atomic E-state index is -0.819. The van der Waals surface area contributed by atoms with E-state index in [1.807, 2.05) is 12.1 Å². The third kappa shape index (κ3) is 2.96. The molecule has 0 aliphatic heterocycles. The van der Waals surface area contributed by atoms with Gasteiger partial charge in [-0.15, -0.1) is 0 Å². The first kappa shape index (κ1) is 8.46. The Morgan fingerprint density at radius 3 is 2.75 bits per heavy atom. The second-order valence-electron chi connectivity index (χ2n) is 2.28. The first-order valence-electron chi connectivity index (χ1n) is 3.57. The third-order valence-electron chi connectivity index (χ3n) is 1.31. The first-order valence-corrected chi connectivity index (χ1v) is 3.57. The summed E-state index contributed by atoms with van der Waals surface area (Å²) in [4.78, 5) is 14.0. The van der Waals surface area contributed by atoms with Crippen molar-refractivity contribution in [3.63, 3.8) is 0 Å². The Labute approximate surface area is 70.4 Å². The third-order valence-corrected chi connectivity index (χ3v) is 1.31. The van der Waals surface area contributed by atoms with E-state index in [1.54, 1.807) is 24.5 Å². The molecule has 62 valence electrons. The van der Waals surface area contributed by atoms with Crippen molar-refractivity contribution < 1.29 is 9.90 Å². The maximum Gasteiger partial charge on any atom is 0.307 e. The molecule has 0 amide bonds. The number of carboxylic acids is 1. The average Bonchev–Trinajstić information content (AvgIpc) is 2.05. The zero-order valence-corrected chi connectivity index (χ0v) is 6.47. The topological polar surface area (TPSA) is 50.2 Å². The van der Waals surface area contributed by atoms with Crippen molar-refractivity contribution in [2.45, 2.75) is 6.42 Å². The molecule has 3 nitrogen and oxygen atoms in total. The predicted octanol–water partition coefficient (Wildman–Crippen LogP) is 1.57. The summed E-state index contributed by atoms with van der Waals surface area (Å²) in [6.07, 6.45) is 6.76. The fourth-order valence-corrected chi connectivity index (χ4v) is 0.770. The zero-order valence-electron chi connectivity index (χ0n) is 6.47. The normalized spacial score (nSPS) is 10.3. The molecule has 1 aromatic rings. The molecule has 1 aromatic heterocycles. The van der Waals surface area contributed by atoms with Crippen LogP contribution in [-0.4, -0.2) is 16.1 Å². The van der Waals surface area contributed by atoms with Gasteiger partial charge in [-0.2, -0.15) is 0 Å². The van der Waals surface area contributed by atoms with Gasteiger partial charge in [0.25, 0.3) is 0 Å². The summed E-state index contributed by atoms with van der Waals surface area (Å²) < 4.78 is 0. The molecule has 0 fully saturated rings. The number of rotatable bonds is 3. The molecule has 0 unspecified atom stereocenters. The van der Waals surface area contributed by atoms with E-state index < -0.39 is 5.97 Å². The van der Waals surface area contributed by atoms with Crippen molar-refractivity contribution in [3.05, 3.63) is 36.2 Å². The van der Waals surface area contributed by atoms with Crippen LogP contribution in [0.3, 0.4) is 0 Å².